The maximum atomic E-state index is 13.4. The van der Waals surface area contributed by atoms with E-state index in [4.69, 9.17) is 11.6 Å². The van der Waals surface area contributed by atoms with Crippen molar-refractivity contribution >= 4 is 44.9 Å². The average Bonchev–Trinajstić information content (AvgIpc) is 2.75. The van der Waals surface area contributed by atoms with Gasteiger partial charge in [-0.05, 0) is 43.2 Å². The van der Waals surface area contributed by atoms with E-state index in [-0.39, 0.29) is 52.9 Å². The molecule has 1 fully saturated rings. The van der Waals surface area contributed by atoms with E-state index in [0.29, 0.717) is 0 Å². The predicted octanol–water partition coefficient (Wildman–Crippen LogP) is 3.10. The van der Waals surface area contributed by atoms with Crippen molar-refractivity contribution in [3.63, 3.8) is 0 Å². The van der Waals surface area contributed by atoms with Gasteiger partial charge < -0.3 is 15.4 Å². The molecule has 0 radical (unpaired) electrons. The summed E-state index contributed by atoms with van der Waals surface area (Å²) >= 11 is 6.09. The number of esters is 1. The summed E-state index contributed by atoms with van der Waals surface area (Å²) in [7, 11) is -2.72. The first-order valence-corrected chi connectivity index (χ1v) is 12.1. The summed E-state index contributed by atoms with van der Waals surface area (Å²) < 4.78 is 57.1. The molecule has 8 nitrogen and oxygen atoms in total. The van der Waals surface area contributed by atoms with E-state index in [0.717, 1.165) is 24.3 Å². The second kappa shape index (κ2) is 10.5. The Hall–Kier alpha value is -3.05. The Labute approximate surface area is 199 Å². The topological polar surface area (TPSA) is 119 Å². The minimum absolute atomic E-state index is 0.00567. The Bertz CT molecular complexity index is 1230. The fourth-order valence-corrected chi connectivity index (χ4v) is 5.79. The molecule has 0 bridgehead atoms. The summed E-state index contributed by atoms with van der Waals surface area (Å²) in [5, 5.41) is 3.97. The molecule has 0 aromatic heterocycles. The van der Waals surface area contributed by atoms with Crippen LogP contribution >= 0.6 is 11.6 Å². The monoisotopic (exact) mass is 514 g/mol. The number of sulfone groups is 1. The van der Waals surface area contributed by atoms with Crippen LogP contribution in [0.5, 0.6) is 0 Å². The van der Waals surface area contributed by atoms with Crippen LogP contribution in [0.15, 0.2) is 41.3 Å². The molecular weight excluding hydrogens is 494 g/mol. The maximum absolute atomic E-state index is 13.4. The minimum Gasteiger partial charge on any atom is -0.469 e. The summed E-state index contributed by atoms with van der Waals surface area (Å²) in [6.45, 7) is 0.0837. The van der Waals surface area contributed by atoms with Crippen LogP contribution in [0.25, 0.3) is 0 Å². The highest BCUT2D eigenvalue weighted by atomic mass is 35.5. The first-order valence-electron chi connectivity index (χ1n) is 10.2. The van der Waals surface area contributed by atoms with E-state index in [9.17, 15) is 31.6 Å². The van der Waals surface area contributed by atoms with Gasteiger partial charge in [0.05, 0.1) is 28.7 Å². The highest BCUT2D eigenvalue weighted by Crippen LogP contribution is 2.38. The molecule has 1 saturated carbocycles. The molecule has 2 amide bonds. The van der Waals surface area contributed by atoms with Crippen LogP contribution in [0.4, 0.5) is 14.5 Å². The molecule has 0 atom stereocenters. The maximum Gasteiger partial charge on any atom is 0.307 e. The van der Waals surface area contributed by atoms with E-state index in [1.54, 1.807) is 0 Å². The third-order valence-electron chi connectivity index (χ3n) is 5.44. The second-order valence-electron chi connectivity index (χ2n) is 7.68. The number of ether oxygens (including phenoxy) is 1. The predicted molar refractivity (Wildman–Crippen MR) is 119 cm³/mol. The number of benzene rings is 2. The van der Waals surface area contributed by atoms with Crippen LogP contribution in [0.2, 0.25) is 5.02 Å². The molecule has 0 aliphatic heterocycles. The van der Waals surface area contributed by atoms with Crippen LogP contribution in [0.1, 0.15) is 29.6 Å². The SMILES string of the molecule is COC(=O)CCNC(=O)[C@H]1C[C@H](S(=O)(=O)c2cc(C(=O)Nc3ccc(F)c(F)c3)ccc2Cl)C1. The summed E-state index contributed by atoms with van der Waals surface area (Å²) in [5.74, 6) is -4.33. The van der Waals surface area contributed by atoms with Gasteiger partial charge in [-0.2, -0.15) is 0 Å². The number of carbonyl (C=O) groups is 3. The third-order valence-corrected chi connectivity index (χ3v) is 8.09. The van der Waals surface area contributed by atoms with Gasteiger partial charge in [0.15, 0.2) is 21.5 Å². The number of hydrogen-bond acceptors (Lipinski definition) is 6. The van der Waals surface area contributed by atoms with E-state index in [1.807, 2.05) is 0 Å². The lowest BCUT2D eigenvalue weighted by atomic mass is 9.84. The summed E-state index contributed by atoms with van der Waals surface area (Å²) in [6.07, 6.45) is 0.133. The minimum atomic E-state index is -3.95. The molecule has 1 aliphatic carbocycles. The van der Waals surface area contributed by atoms with Crippen molar-refractivity contribution in [1.82, 2.24) is 5.32 Å². The Kier molecular flexibility index (Phi) is 7.88. The number of halogens is 3. The fraction of sp³-hybridized carbons (Fsp3) is 0.318. The van der Waals surface area contributed by atoms with Gasteiger partial charge in [0.1, 0.15) is 0 Å². The zero-order valence-corrected chi connectivity index (χ0v) is 19.5. The number of carbonyl (C=O) groups excluding carboxylic acids is 3. The van der Waals surface area contributed by atoms with Crippen molar-refractivity contribution in [3.8, 4) is 0 Å². The Morgan fingerprint density at radius 2 is 1.79 bits per heavy atom. The number of amides is 2. The van der Waals surface area contributed by atoms with Crippen LogP contribution < -0.4 is 10.6 Å². The van der Waals surface area contributed by atoms with Crippen molar-refractivity contribution in [2.45, 2.75) is 29.4 Å². The summed E-state index contributed by atoms with van der Waals surface area (Å²) in [4.78, 5) is 35.5. The van der Waals surface area contributed by atoms with E-state index < -0.39 is 44.5 Å². The van der Waals surface area contributed by atoms with Gasteiger partial charge in [-0.1, -0.05) is 11.6 Å². The molecule has 0 heterocycles. The first kappa shape index (κ1) is 25.6. The molecule has 0 unspecified atom stereocenters. The lowest BCUT2D eigenvalue weighted by Gasteiger charge is -2.33. The molecular formula is C22H21ClF2N2O6S. The molecule has 3 rings (SSSR count). The molecule has 1 aliphatic rings. The normalized spacial score (nSPS) is 17.4. The molecule has 0 saturated heterocycles. The van der Waals surface area contributed by atoms with Gasteiger partial charge in [-0.3, -0.25) is 14.4 Å². The molecule has 2 aromatic carbocycles. The van der Waals surface area contributed by atoms with Crippen molar-refractivity contribution < 1.29 is 36.3 Å². The number of rotatable bonds is 8. The average molecular weight is 515 g/mol. The van der Waals surface area contributed by atoms with Gasteiger partial charge in [-0.15, -0.1) is 0 Å². The van der Waals surface area contributed by atoms with E-state index in [1.165, 1.54) is 19.2 Å². The van der Waals surface area contributed by atoms with Crippen molar-refractivity contribution in [2.24, 2.45) is 5.92 Å². The van der Waals surface area contributed by atoms with E-state index >= 15 is 0 Å². The van der Waals surface area contributed by atoms with Gasteiger partial charge in [0.25, 0.3) is 5.91 Å². The fourth-order valence-electron chi connectivity index (χ4n) is 3.39. The number of nitrogens with one attached hydrogen (secondary N) is 2. The van der Waals surface area contributed by atoms with Crippen molar-refractivity contribution in [3.05, 3.63) is 58.6 Å². The molecule has 2 aromatic rings. The zero-order valence-electron chi connectivity index (χ0n) is 17.9. The van der Waals surface area contributed by atoms with Crippen molar-refractivity contribution in [2.75, 3.05) is 19.0 Å². The standard InChI is InChI=1S/C22H21ClF2N2O6S/c1-33-20(28)6-7-26-21(29)13-8-15(9-13)34(31,32)19-10-12(2-4-16(19)23)22(30)27-14-3-5-17(24)18(25)11-14/h2-5,10-11,13,15H,6-9H2,1H3,(H,26,29)(H,27,30)/t13-,15-. The Morgan fingerprint density at radius 1 is 1.09 bits per heavy atom. The lowest BCUT2D eigenvalue weighted by Crippen LogP contribution is -2.45. The molecule has 0 spiro atoms. The van der Waals surface area contributed by atoms with Crippen LogP contribution in [0, 0.1) is 17.6 Å². The number of methoxy groups -OCH3 is 1. The highest BCUT2D eigenvalue weighted by molar-refractivity contribution is 7.92. The molecule has 182 valence electrons. The van der Waals surface area contributed by atoms with Crippen LogP contribution in [-0.4, -0.2) is 45.1 Å². The smallest absolute Gasteiger partial charge is 0.307 e. The third kappa shape index (κ3) is 5.71. The lowest BCUT2D eigenvalue weighted by molar-refractivity contribution is -0.140. The zero-order chi connectivity index (χ0) is 25.0. The number of anilines is 1. The molecule has 12 heteroatoms. The summed E-state index contributed by atoms with van der Waals surface area (Å²) in [5.41, 5.74) is -0.0626. The van der Waals surface area contributed by atoms with Crippen LogP contribution in [-0.2, 0) is 24.2 Å². The van der Waals surface area contributed by atoms with E-state index in [2.05, 4.69) is 15.4 Å². The first-order chi connectivity index (χ1) is 16.0. The quantitative estimate of drug-likeness (QED) is 0.523. The molecule has 2 N–H and O–H groups in total. The van der Waals surface area contributed by atoms with Gasteiger partial charge >= 0.3 is 5.97 Å². The molecule has 34 heavy (non-hydrogen) atoms. The summed E-state index contributed by atoms with van der Waals surface area (Å²) in [6, 6.07) is 6.47. The largest absolute Gasteiger partial charge is 0.469 e. The van der Waals surface area contributed by atoms with Crippen LogP contribution in [0.3, 0.4) is 0 Å². The second-order valence-corrected chi connectivity index (χ2v) is 10.3. The van der Waals surface area contributed by atoms with Gasteiger partial charge in [0, 0.05) is 29.8 Å². The number of hydrogen-bond donors (Lipinski definition) is 2. The Morgan fingerprint density at radius 3 is 2.44 bits per heavy atom. The van der Waals surface area contributed by atoms with Crippen molar-refractivity contribution in [1.29, 1.82) is 0 Å². The van der Waals surface area contributed by atoms with Gasteiger partial charge in [-0.25, -0.2) is 17.2 Å². The van der Waals surface area contributed by atoms with Gasteiger partial charge in [0.2, 0.25) is 5.91 Å². The Balaban J connectivity index is 1.66. The highest BCUT2D eigenvalue weighted by Gasteiger charge is 2.43.